The third kappa shape index (κ3) is 2.52. The van der Waals surface area contributed by atoms with Crippen molar-refractivity contribution in [3.63, 3.8) is 0 Å². The highest BCUT2D eigenvalue weighted by Gasteiger charge is 2.23. The monoisotopic (exact) mass is 347 g/mol. The van der Waals surface area contributed by atoms with E-state index in [4.69, 9.17) is 4.52 Å². The van der Waals surface area contributed by atoms with E-state index in [1.807, 2.05) is 41.8 Å². The van der Waals surface area contributed by atoms with E-state index in [1.54, 1.807) is 6.20 Å². The minimum atomic E-state index is -0.0700. The van der Waals surface area contributed by atoms with Crippen LogP contribution in [0.4, 0.5) is 0 Å². The van der Waals surface area contributed by atoms with Gasteiger partial charge in [-0.05, 0) is 55.5 Å². The van der Waals surface area contributed by atoms with Crippen LogP contribution in [0.25, 0.3) is 34.0 Å². The molecule has 4 aromatic rings. The van der Waals surface area contributed by atoms with E-state index in [1.165, 1.54) is 12.8 Å². The zero-order valence-electron chi connectivity index (χ0n) is 14.3. The number of nitrogens with zero attached hydrogens (tertiary/aromatic N) is 4. The summed E-state index contributed by atoms with van der Waals surface area (Å²) < 4.78 is 7.23. The van der Waals surface area contributed by atoms with Crippen LogP contribution in [0.15, 0.2) is 45.8 Å². The van der Waals surface area contributed by atoms with Crippen LogP contribution in [0.5, 0.6) is 0 Å². The number of aryl methyl sites for hydroxylation is 1. The van der Waals surface area contributed by atoms with Gasteiger partial charge in [-0.15, -0.1) is 0 Å². The summed E-state index contributed by atoms with van der Waals surface area (Å²) in [7, 11) is 0. The number of hydrogen-bond acceptors (Lipinski definition) is 5. The van der Waals surface area contributed by atoms with Crippen LogP contribution in [0.2, 0.25) is 0 Å². The predicted octanol–water partition coefficient (Wildman–Crippen LogP) is 3.16. The highest BCUT2D eigenvalue weighted by Crippen LogP contribution is 2.31. The fraction of sp³-hybridized carbons (Fsp3) is 0.263. The average Bonchev–Trinajstić information content (AvgIpc) is 3.23. The molecule has 0 atom stereocenters. The molecule has 3 heterocycles. The van der Waals surface area contributed by atoms with Gasteiger partial charge in [0.1, 0.15) is 5.69 Å². The molecule has 0 unspecified atom stereocenters. The van der Waals surface area contributed by atoms with Crippen LogP contribution in [-0.4, -0.2) is 24.7 Å². The Morgan fingerprint density at radius 3 is 3.00 bits per heavy atom. The zero-order valence-corrected chi connectivity index (χ0v) is 14.3. The van der Waals surface area contributed by atoms with Crippen LogP contribution in [0.3, 0.4) is 0 Å². The van der Waals surface area contributed by atoms with Gasteiger partial charge in [0.05, 0.1) is 11.0 Å². The minimum Gasteiger partial charge on any atom is -0.334 e. The summed E-state index contributed by atoms with van der Waals surface area (Å²) in [5, 5.41) is 4.05. The first-order valence-corrected chi connectivity index (χ1v) is 8.68. The number of imidazole rings is 1. The maximum atomic E-state index is 12.2. The second-order valence-electron chi connectivity index (χ2n) is 6.81. The van der Waals surface area contributed by atoms with E-state index >= 15 is 0 Å². The molecule has 0 amide bonds. The van der Waals surface area contributed by atoms with Crippen molar-refractivity contribution >= 4 is 11.0 Å². The second kappa shape index (κ2) is 5.66. The molecule has 1 saturated carbocycles. The molecule has 130 valence electrons. The van der Waals surface area contributed by atoms with Gasteiger partial charge in [0.15, 0.2) is 0 Å². The maximum Gasteiger partial charge on any atom is 0.326 e. The molecule has 0 bridgehead atoms. The molecule has 0 radical (unpaired) electrons. The Kier molecular flexibility index (Phi) is 3.28. The van der Waals surface area contributed by atoms with Crippen LogP contribution < -0.4 is 5.69 Å². The van der Waals surface area contributed by atoms with E-state index in [0.717, 1.165) is 28.7 Å². The molecule has 26 heavy (non-hydrogen) atoms. The van der Waals surface area contributed by atoms with Gasteiger partial charge in [-0.3, -0.25) is 9.55 Å². The molecule has 1 aromatic carbocycles. The summed E-state index contributed by atoms with van der Waals surface area (Å²) in [5.74, 6) is 1.49. The van der Waals surface area contributed by atoms with Crippen LogP contribution >= 0.6 is 0 Å². The van der Waals surface area contributed by atoms with Crippen LogP contribution in [-0.2, 0) is 6.54 Å². The first-order valence-electron chi connectivity index (χ1n) is 8.68. The molecule has 0 aliphatic heterocycles. The van der Waals surface area contributed by atoms with Gasteiger partial charge in [-0.2, -0.15) is 4.98 Å². The Morgan fingerprint density at radius 1 is 1.31 bits per heavy atom. The molecule has 1 aliphatic rings. The highest BCUT2D eigenvalue weighted by atomic mass is 16.5. The topological polar surface area (TPSA) is 89.6 Å². The number of H-pyrrole nitrogens is 1. The predicted molar refractivity (Wildman–Crippen MR) is 96.5 cm³/mol. The SMILES string of the molecule is Cc1cccnc1-c1noc(-c2ccc3c(c2)[nH]c(=O)n3CC2CC2)n1. The molecule has 7 nitrogen and oxygen atoms in total. The molecule has 1 aliphatic carbocycles. The van der Waals surface area contributed by atoms with Crippen molar-refractivity contribution in [3.05, 3.63) is 52.6 Å². The number of hydrogen-bond donors (Lipinski definition) is 1. The molecule has 0 spiro atoms. The molecule has 0 saturated heterocycles. The standard InChI is InChI=1S/C19H17N5O2/c1-11-3-2-8-20-16(11)17-22-18(26-23-17)13-6-7-15-14(9-13)21-19(25)24(15)10-12-4-5-12/h2-3,6-9,12H,4-5,10H2,1H3,(H,21,25). The largest absolute Gasteiger partial charge is 0.334 e. The van der Waals surface area contributed by atoms with Gasteiger partial charge < -0.3 is 9.51 Å². The lowest BCUT2D eigenvalue weighted by molar-refractivity contribution is 0.432. The number of fused-ring (bicyclic) bond motifs is 1. The van der Waals surface area contributed by atoms with Crippen LogP contribution in [0, 0.1) is 12.8 Å². The number of rotatable bonds is 4. The summed E-state index contributed by atoms with van der Waals surface area (Å²) in [6.45, 7) is 2.74. The maximum absolute atomic E-state index is 12.2. The summed E-state index contributed by atoms with van der Waals surface area (Å²) >= 11 is 0. The number of benzene rings is 1. The van der Waals surface area contributed by atoms with Gasteiger partial charge >= 0.3 is 5.69 Å². The van der Waals surface area contributed by atoms with Gasteiger partial charge in [-0.25, -0.2) is 4.79 Å². The quantitative estimate of drug-likeness (QED) is 0.612. The molecule has 1 N–H and O–H groups in total. The Bertz CT molecular complexity index is 1170. The smallest absolute Gasteiger partial charge is 0.326 e. The second-order valence-corrected chi connectivity index (χ2v) is 6.81. The first kappa shape index (κ1) is 15.1. The van der Waals surface area contributed by atoms with Gasteiger partial charge in [0.2, 0.25) is 5.82 Å². The highest BCUT2D eigenvalue weighted by molar-refractivity contribution is 5.80. The minimum absolute atomic E-state index is 0.0700. The molecular formula is C19H17N5O2. The van der Waals surface area contributed by atoms with Crippen molar-refractivity contribution in [2.45, 2.75) is 26.3 Å². The van der Waals surface area contributed by atoms with Gasteiger partial charge in [0.25, 0.3) is 5.89 Å². The van der Waals surface area contributed by atoms with Crippen LogP contribution in [0.1, 0.15) is 18.4 Å². The lowest BCUT2D eigenvalue weighted by atomic mass is 10.2. The van der Waals surface area contributed by atoms with Crippen molar-refractivity contribution in [3.8, 4) is 23.0 Å². The van der Waals surface area contributed by atoms with Crippen molar-refractivity contribution in [2.24, 2.45) is 5.92 Å². The average molecular weight is 347 g/mol. The molecule has 7 heteroatoms. The number of aromatic amines is 1. The van der Waals surface area contributed by atoms with Gasteiger partial charge in [-0.1, -0.05) is 11.2 Å². The summed E-state index contributed by atoms with van der Waals surface area (Å²) in [5.41, 5.74) is 4.07. The number of aromatic nitrogens is 5. The summed E-state index contributed by atoms with van der Waals surface area (Å²) in [6.07, 6.45) is 4.11. The van der Waals surface area contributed by atoms with E-state index in [9.17, 15) is 4.79 Å². The number of pyridine rings is 1. The third-order valence-electron chi connectivity index (χ3n) is 4.81. The Hall–Kier alpha value is -3.22. The van der Waals surface area contributed by atoms with E-state index < -0.39 is 0 Å². The lowest BCUT2D eigenvalue weighted by Gasteiger charge is -2.01. The fourth-order valence-electron chi connectivity index (χ4n) is 3.19. The molecule has 5 rings (SSSR count). The Balaban J connectivity index is 1.53. The third-order valence-corrected chi connectivity index (χ3v) is 4.81. The normalized spacial score (nSPS) is 14.2. The van der Waals surface area contributed by atoms with Crippen molar-refractivity contribution < 1.29 is 4.52 Å². The Morgan fingerprint density at radius 2 is 2.19 bits per heavy atom. The number of nitrogens with one attached hydrogen (secondary N) is 1. The zero-order chi connectivity index (χ0) is 17.7. The lowest BCUT2D eigenvalue weighted by Crippen LogP contribution is -2.17. The summed E-state index contributed by atoms with van der Waals surface area (Å²) in [4.78, 5) is 23.9. The van der Waals surface area contributed by atoms with Crippen molar-refractivity contribution in [2.75, 3.05) is 0 Å². The van der Waals surface area contributed by atoms with Gasteiger partial charge in [0, 0.05) is 18.3 Å². The summed E-state index contributed by atoms with van der Waals surface area (Å²) in [6, 6.07) is 9.54. The first-order chi connectivity index (χ1) is 12.7. The van der Waals surface area contributed by atoms with E-state index in [2.05, 4.69) is 20.1 Å². The fourth-order valence-corrected chi connectivity index (χ4v) is 3.19. The van der Waals surface area contributed by atoms with Crippen molar-refractivity contribution in [1.29, 1.82) is 0 Å². The van der Waals surface area contributed by atoms with E-state index in [0.29, 0.717) is 23.3 Å². The molecule has 3 aromatic heterocycles. The molecule has 1 fully saturated rings. The Labute approximate surface area is 148 Å². The van der Waals surface area contributed by atoms with Crippen molar-refractivity contribution in [1.82, 2.24) is 24.7 Å². The van der Waals surface area contributed by atoms with E-state index in [-0.39, 0.29) is 5.69 Å². The molecular weight excluding hydrogens is 330 g/mol.